The van der Waals surface area contributed by atoms with Gasteiger partial charge in [0.05, 0.1) is 23.8 Å². The number of likely N-dealkylation sites (N-methyl/N-ethyl adjacent to an activating group) is 2. The zero-order valence-electron chi connectivity index (χ0n) is 23.5. The molecule has 1 unspecified atom stereocenters. The zero-order chi connectivity index (χ0) is 29.5. The number of anilines is 1. The van der Waals surface area contributed by atoms with Gasteiger partial charge in [-0.15, -0.1) is 18.3 Å². The minimum Gasteiger partial charge on any atom is -0.406 e. The van der Waals surface area contributed by atoms with Crippen molar-refractivity contribution in [3.05, 3.63) is 65.4 Å². The highest BCUT2D eigenvalue weighted by Gasteiger charge is 2.32. The first kappa shape index (κ1) is 28.3. The van der Waals surface area contributed by atoms with E-state index in [1.807, 2.05) is 39.9 Å². The van der Waals surface area contributed by atoms with Gasteiger partial charge in [0.25, 0.3) is 0 Å². The fourth-order valence-corrected chi connectivity index (χ4v) is 5.01. The van der Waals surface area contributed by atoms with Gasteiger partial charge >= 0.3 is 6.36 Å². The Morgan fingerprint density at radius 1 is 1.15 bits per heavy atom. The third-order valence-electron chi connectivity index (χ3n) is 7.50. The Bertz CT molecular complexity index is 1580. The molecule has 0 radical (unpaired) electrons. The molecule has 1 aliphatic heterocycles. The largest absolute Gasteiger partial charge is 0.573 e. The normalized spacial score (nSPS) is 15.9. The lowest BCUT2D eigenvalue weighted by molar-refractivity contribution is -0.274. The summed E-state index contributed by atoms with van der Waals surface area (Å²) in [5.41, 5.74) is 4.93. The van der Waals surface area contributed by atoms with Crippen LogP contribution in [0.4, 0.5) is 18.9 Å². The number of Topliss-reactive ketones (excluding diaryl/α,β-unsaturated/α-hetero) is 1. The molecule has 1 atom stereocenters. The lowest BCUT2D eigenvalue weighted by Crippen LogP contribution is -2.34. The number of ether oxygens (including phenoxy) is 1. The number of likely N-dealkylation sites (tertiary alicyclic amines) is 1. The van der Waals surface area contributed by atoms with Gasteiger partial charge in [-0.25, -0.2) is 4.68 Å². The fourth-order valence-electron chi connectivity index (χ4n) is 5.01. The van der Waals surface area contributed by atoms with Crippen molar-refractivity contribution in [1.82, 2.24) is 34.7 Å². The van der Waals surface area contributed by atoms with E-state index in [1.165, 1.54) is 6.07 Å². The van der Waals surface area contributed by atoms with Crippen molar-refractivity contribution in [1.29, 1.82) is 0 Å². The maximum atomic E-state index is 13.4. The molecule has 5 rings (SSSR count). The van der Waals surface area contributed by atoms with E-state index < -0.39 is 12.1 Å². The molecule has 0 saturated carbocycles. The Balaban J connectivity index is 1.41. The molecule has 13 heteroatoms. The maximum absolute atomic E-state index is 13.4. The van der Waals surface area contributed by atoms with Crippen LogP contribution < -0.4 is 9.64 Å². The molecule has 4 aromatic rings. The highest BCUT2D eigenvalue weighted by Crippen LogP contribution is 2.31. The topological polar surface area (TPSA) is 94.2 Å². The van der Waals surface area contributed by atoms with Gasteiger partial charge in [0.15, 0.2) is 5.78 Å². The molecule has 216 valence electrons. The molecule has 0 N–H and O–H groups in total. The van der Waals surface area contributed by atoms with Crippen LogP contribution in [0.5, 0.6) is 5.75 Å². The van der Waals surface area contributed by atoms with Gasteiger partial charge in [-0.1, -0.05) is 5.21 Å². The van der Waals surface area contributed by atoms with Crippen molar-refractivity contribution >= 4 is 11.5 Å². The first-order valence-corrected chi connectivity index (χ1v) is 13.1. The second-order valence-corrected chi connectivity index (χ2v) is 10.4. The van der Waals surface area contributed by atoms with Crippen molar-refractivity contribution in [2.24, 2.45) is 7.05 Å². The highest BCUT2D eigenvalue weighted by atomic mass is 19.4. The molecule has 0 spiro atoms. The van der Waals surface area contributed by atoms with Crippen LogP contribution in [0.25, 0.3) is 16.9 Å². The zero-order valence-corrected chi connectivity index (χ0v) is 23.5. The van der Waals surface area contributed by atoms with Gasteiger partial charge in [-0.05, 0) is 57.6 Å². The van der Waals surface area contributed by atoms with Crippen LogP contribution in [0.1, 0.15) is 33.7 Å². The van der Waals surface area contributed by atoms with Crippen molar-refractivity contribution in [2.75, 3.05) is 32.1 Å². The number of carbonyl (C=O) groups is 1. The van der Waals surface area contributed by atoms with E-state index >= 15 is 0 Å². The Morgan fingerprint density at radius 3 is 2.59 bits per heavy atom. The van der Waals surface area contributed by atoms with E-state index in [0.29, 0.717) is 28.3 Å². The summed E-state index contributed by atoms with van der Waals surface area (Å²) >= 11 is 0. The number of pyridine rings is 1. The molecule has 3 aromatic heterocycles. The highest BCUT2D eigenvalue weighted by molar-refractivity contribution is 5.98. The standard InChI is InChI=1S/C28H31F3N8O2/c1-17-26(39-16-25(34-35-39)24-14-33-38(5)18(24)2)8-19(13-32-17)9-27(40)20-10-22(12-23(11-20)41-28(29,30)31)37(4)21-6-7-36(3)15-21/h8,10-14,16,21H,6-7,9,15H2,1-5H3. The summed E-state index contributed by atoms with van der Waals surface area (Å²) in [7, 11) is 5.66. The second kappa shape index (κ2) is 11.0. The SMILES string of the molecule is Cc1ncc(CC(=O)c2cc(OC(F)(F)F)cc(N(C)C3CCN(C)C3)c2)cc1-n1cc(-c2cnn(C)c2C)nn1. The minimum absolute atomic E-state index is 0.0751. The van der Waals surface area contributed by atoms with Crippen molar-refractivity contribution in [3.63, 3.8) is 0 Å². The summed E-state index contributed by atoms with van der Waals surface area (Å²) in [4.78, 5) is 21.9. The van der Waals surface area contributed by atoms with Gasteiger partial charge in [0, 0.05) is 67.9 Å². The lowest BCUT2D eigenvalue weighted by Gasteiger charge is -2.27. The van der Waals surface area contributed by atoms with Crippen LogP contribution in [0.2, 0.25) is 0 Å². The molecule has 1 aliphatic rings. The minimum atomic E-state index is -4.88. The Morgan fingerprint density at radius 2 is 1.93 bits per heavy atom. The van der Waals surface area contributed by atoms with Crippen molar-refractivity contribution in [2.45, 2.75) is 39.1 Å². The van der Waals surface area contributed by atoms with E-state index in [4.69, 9.17) is 0 Å². The molecule has 4 heterocycles. The second-order valence-electron chi connectivity index (χ2n) is 10.4. The maximum Gasteiger partial charge on any atom is 0.573 e. The van der Waals surface area contributed by atoms with Gasteiger partial charge in [-0.2, -0.15) is 5.10 Å². The molecule has 0 amide bonds. The van der Waals surface area contributed by atoms with Gasteiger partial charge in [0.1, 0.15) is 11.4 Å². The molecule has 1 aromatic carbocycles. The van der Waals surface area contributed by atoms with Crippen molar-refractivity contribution < 1.29 is 22.7 Å². The average Bonchev–Trinajstić information content (AvgIpc) is 3.64. The van der Waals surface area contributed by atoms with Gasteiger partial charge in [0.2, 0.25) is 0 Å². The van der Waals surface area contributed by atoms with Crippen LogP contribution in [0.15, 0.2) is 42.9 Å². The predicted molar refractivity (Wildman–Crippen MR) is 146 cm³/mol. The smallest absolute Gasteiger partial charge is 0.406 e. The van der Waals surface area contributed by atoms with Crippen LogP contribution in [0, 0.1) is 13.8 Å². The van der Waals surface area contributed by atoms with Gasteiger partial charge in [-0.3, -0.25) is 14.5 Å². The number of aromatic nitrogens is 6. The third kappa shape index (κ3) is 6.24. The number of carbonyl (C=O) groups excluding carboxylic acids is 1. The van der Waals surface area contributed by atoms with E-state index in [-0.39, 0.29) is 23.8 Å². The molecule has 0 bridgehead atoms. The molecular weight excluding hydrogens is 537 g/mol. The molecule has 1 fully saturated rings. The number of hydrogen-bond acceptors (Lipinski definition) is 8. The van der Waals surface area contributed by atoms with Crippen LogP contribution in [-0.2, 0) is 13.5 Å². The number of nitrogens with zero attached hydrogens (tertiary/aromatic N) is 8. The van der Waals surface area contributed by atoms with Crippen LogP contribution in [0.3, 0.4) is 0 Å². The number of hydrogen-bond donors (Lipinski definition) is 0. The Labute approximate surface area is 235 Å². The monoisotopic (exact) mass is 568 g/mol. The van der Waals surface area contributed by atoms with E-state index in [2.05, 4.69) is 30.0 Å². The first-order valence-electron chi connectivity index (χ1n) is 13.1. The van der Waals surface area contributed by atoms with E-state index in [9.17, 15) is 18.0 Å². The van der Waals surface area contributed by atoms with E-state index in [0.717, 1.165) is 36.8 Å². The molecular formula is C28H31F3N8O2. The number of aryl methyl sites for hydroxylation is 2. The lowest BCUT2D eigenvalue weighted by atomic mass is 10.0. The van der Waals surface area contributed by atoms with E-state index in [1.54, 1.807) is 40.1 Å². The number of ketones is 1. The predicted octanol–water partition coefficient (Wildman–Crippen LogP) is 4.14. The van der Waals surface area contributed by atoms with Crippen LogP contribution >= 0.6 is 0 Å². The number of halogens is 3. The number of benzene rings is 1. The summed E-state index contributed by atoms with van der Waals surface area (Å²) in [5.74, 6) is -0.794. The summed E-state index contributed by atoms with van der Waals surface area (Å²) in [6, 6.07) is 5.96. The molecule has 41 heavy (non-hydrogen) atoms. The fraction of sp³-hybridized carbons (Fsp3) is 0.393. The van der Waals surface area contributed by atoms with Crippen molar-refractivity contribution in [3.8, 4) is 22.7 Å². The van der Waals surface area contributed by atoms with Crippen LogP contribution in [-0.4, -0.2) is 80.0 Å². The Hall–Kier alpha value is -4.26. The number of alkyl halides is 3. The summed E-state index contributed by atoms with van der Waals surface area (Å²) in [6.07, 6.45) is 0.970. The summed E-state index contributed by atoms with van der Waals surface area (Å²) in [6.45, 7) is 5.41. The quantitative estimate of drug-likeness (QED) is 0.293. The number of rotatable bonds is 8. The Kier molecular flexibility index (Phi) is 7.56. The molecule has 1 saturated heterocycles. The molecule has 0 aliphatic carbocycles. The first-order chi connectivity index (χ1) is 19.4. The summed E-state index contributed by atoms with van der Waals surface area (Å²) in [5, 5.41) is 12.8. The summed E-state index contributed by atoms with van der Waals surface area (Å²) < 4.78 is 47.0. The third-order valence-corrected chi connectivity index (χ3v) is 7.50. The van der Waals surface area contributed by atoms with Gasteiger partial charge < -0.3 is 14.5 Å². The average molecular weight is 569 g/mol. The molecule has 10 nitrogen and oxygen atoms in total.